The van der Waals surface area contributed by atoms with Gasteiger partial charge in [0.2, 0.25) is 0 Å². The first kappa shape index (κ1) is 31.3. The molecule has 0 unspecified atom stereocenters. The highest BCUT2D eigenvalue weighted by atomic mass is 14.7. The van der Waals surface area contributed by atoms with Crippen LogP contribution in [0.5, 0.6) is 0 Å². The first-order chi connectivity index (χ1) is 25.6. The third kappa shape index (κ3) is 5.95. The monoisotopic (exact) mass is 664 g/mol. The average Bonchev–Trinajstić information content (AvgIpc) is 3.21. The zero-order valence-corrected chi connectivity index (χ0v) is 29.2. The van der Waals surface area contributed by atoms with Gasteiger partial charge in [-0.05, 0) is 117 Å². The van der Waals surface area contributed by atoms with Crippen LogP contribution in [0.4, 0.5) is 0 Å². The van der Waals surface area contributed by atoms with Crippen LogP contribution in [0.15, 0.2) is 182 Å². The Bertz CT molecular complexity index is 2730. The number of nitrogens with zero attached hydrogens (tertiary/aromatic N) is 2. The van der Waals surface area contributed by atoms with E-state index in [4.69, 9.17) is 9.97 Å². The van der Waals surface area contributed by atoms with Crippen molar-refractivity contribution in [3.05, 3.63) is 193 Å². The van der Waals surface area contributed by atoms with Crippen LogP contribution in [0, 0.1) is 13.8 Å². The number of hydrogen-bond acceptors (Lipinski definition) is 2. The van der Waals surface area contributed by atoms with Crippen molar-refractivity contribution in [2.24, 2.45) is 0 Å². The summed E-state index contributed by atoms with van der Waals surface area (Å²) in [6.07, 6.45) is 0. The fourth-order valence-corrected chi connectivity index (χ4v) is 7.46. The summed E-state index contributed by atoms with van der Waals surface area (Å²) in [7, 11) is 0. The molecule has 0 saturated heterocycles. The summed E-state index contributed by atoms with van der Waals surface area (Å²) >= 11 is 0. The van der Waals surface area contributed by atoms with Gasteiger partial charge >= 0.3 is 0 Å². The second-order valence-corrected chi connectivity index (χ2v) is 13.5. The Morgan fingerprint density at radius 2 is 0.827 bits per heavy atom. The van der Waals surface area contributed by atoms with E-state index in [-0.39, 0.29) is 0 Å². The molecule has 0 radical (unpaired) electrons. The number of aryl methyl sites for hydroxylation is 2. The number of pyridine rings is 2. The van der Waals surface area contributed by atoms with Gasteiger partial charge in [-0.3, -0.25) is 4.98 Å². The second kappa shape index (κ2) is 13.2. The minimum Gasteiger partial charge on any atom is -0.258 e. The topological polar surface area (TPSA) is 25.8 Å². The summed E-state index contributed by atoms with van der Waals surface area (Å²) in [6.45, 7) is 4.15. The van der Waals surface area contributed by atoms with Crippen LogP contribution in [0.3, 0.4) is 0 Å². The molecular formula is C50H36N2. The predicted octanol–water partition coefficient (Wildman–Crippen LogP) is 13.4. The van der Waals surface area contributed by atoms with E-state index in [0.717, 1.165) is 61.7 Å². The van der Waals surface area contributed by atoms with Crippen LogP contribution in [0.25, 0.3) is 88.6 Å². The van der Waals surface area contributed by atoms with Gasteiger partial charge in [-0.25, -0.2) is 4.98 Å². The molecule has 0 atom stereocenters. The Morgan fingerprint density at radius 1 is 0.308 bits per heavy atom. The standard InChI is InChI=1S/C50H36N2/c1-33-21-26-44(34(2)51-33)41-27-42(48-30-39-17-9-10-18-45(39)46-19-11-12-20-47(46)48)29-43(28-41)50-32-40(31-49(52-50)38-15-7-4-8-16-38)37-24-22-36(23-25-37)35-13-5-3-6-14-35/h3-32H,1-2H3. The normalized spacial score (nSPS) is 11.3. The fourth-order valence-electron chi connectivity index (χ4n) is 7.46. The molecule has 0 amide bonds. The van der Waals surface area contributed by atoms with E-state index in [1.165, 1.54) is 38.2 Å². The Kier molecular flexibility index (Phi) is 7.98. The van der Waals surface area contributed by atoms with Gasteiger partial charge in [0.05, 0.1) is 11.4 Å². The quantitative estimate of drug-likeness (QED) is 0.165. The number of rotatable bonds is 6. The van der Waals surface area contributed by atoms with E-state index in [2.05, 4.69) is 189 Å². The molecule has 9 aromatic rings. The molecule has 0 saturated carbocycles. The Balaban J connectivity index is 1.28. The van der Waals surface area contributed by atoms with Crippen molar-refractivity contribution in [3.8, 4) is 67.0 Å². The smallest absolute Gasteiger partial charge is 0.0716 e. The highest BCUT2D eigenvalue weighted by molar-refractivity contribution is 6.14. The maximum Gasteiger partial charge on any atom is 0.0716 e. The Labute approximate surface area is 304 Å². The molecule has 0 aliphatic heterocycles. The average molecular weight is 665 g/mol. The first-order valence-electron chi connectivity index (χ1n) is 17.8. The number of fused-ring (bicyclic) bond motifs is 3. The molecule has 0 fully saturated rings. The van der Waals surface area contributed by atoms with Crippen molar-refractivity contribution < 1.29 is 0 Å². The summed E-state index contributed by atoms with van der Waals surface area (Å²) in [5.74, 6) is 0. The van der Waals surface area contributed by atoms with Gasteiger partial charge in [-0.1, -0.05) is 140 Å². The molecule has 2 heteroatoms. The number of hydrogen-bond donors (Lipinski definition) is 0. The van der Waals surface area contributed by atoms with Crippen molar-refractivity contribution >= 4 is 21.5 Å². The highest BCUT2D eigenvalue weighted by Gasteiger charge is 2.16. The van der Waals surface area contributed by atoms with Crippen molar-refractivity contribution in [2.45, 2.75) is 13.8 Å². The van der Waals surface area contributed by atoms with Gasteiger partial charge in [-0.15, -0.1) is 0 Å². The van der Waals surface area contributed by atoms with Gasteiger partial charge in [0, 0.05) is 28.1 Å². The third-order valence-corrected chi connectivity index (χ3v) is 10.1. The van der Waals surface area contributed by atoms with Crippen LogP contribution in [0.2, 0.25) is 0 Å². The van der Waals surface area contributed by atoms with Crippen LogP contribution in [0.1, 0.15) is 11.4 Å². The minimum atomic E-state index is 0.925. The number of aromatic nitrogens is 2. The Hall–Kier alpha value is -6.64. The van der Waals surface area contributed by atoms with E-state index >= 15 is 0 Å². The van der Waals surface area contributed by atoms with Crippen LogP contribution < -0.4 is 0 Å². The largest absolute Gasteiger partial charge is 0.258 e. The first-order valence-corrected chi connectivity index (χ1v) is 17.8. The zero-order valence-electron chi connectivity index (χ0n) is 29.2. The van der Waals surface area contributed by atoms with Crippen LogP contribution in [-0.2, 0) is 0 Å². The third-order valence-electron chi connectivity index (χ3n) is 10.1. The molecule has 246 valence electrons. The van der Waals surface area contributed by atoms with Crippen LogP contribution in [-0.4, -0.2) is 9.97 Å². The molecule has 2 heterocycles. The minimum absolute atomic E-state index is 0.925. The summed E-state index contributed by atoms with van der Waals surface area (Å²) in [6, 6.07) is 65.3. The summed E-state index contributed by atoms with van der Waals surface area (Å²) < 4.78 is 0. The van der Waals surface area contributed by atoms with Crippen molar-refractivity contribution in [3.63, 3.8) is 0 Å². The lowest BCUT2D eigenvalue weighted by atomic mass is 9.89. The molecule has 7 aromatic carbocycles. The van der Waals surface area contributed by atoms with Gasteiger partial charge in [0.15, 0.2) is 0 Å². The molecule has 2 nitrogen and oxygen atoms in total. The van der Waals surface area contributed by atoms with Gasteiger partial charge < -0.3 is 0 Å². The Morgan fingerprint density at radius 3 is 1.52 bits per heavy atom. The van der Waals surface area contributed by atoms with E-state index in [9.17, 15) is 0 Å². The molecule has 52 heavy (non-hydrogen) atoms. The van der Waals surface area contributed by atoms with Crippen molar-refractivity contribution in [1.29, 1.82) is 0 Å². The van der Waals surface area contributed by atoms with Crippen LogP contribution >= 0.6 is 0 Å². The molecule has 2 aromatic heterocycles. The zero-order chi connectivity index (χ0) is 35.0. The molecule has 0 aliphatic rings. The van der Waals surface area contributed by atoms with Gasteiger partial charge in [-0.2, -0.15) is 0 Å². The molecular weight excluding hydrogens is 629 g/mol. The predicted molar refractivity (Wildman–Crippen MR) is 219 cm³/mol. The lowest BCUT2D eigenvalue weighted by Crippen LogP contribution is -1.95. The van der Waals surface area contributed by atoms with Gasteiger partial charge in [0.25, 0.3) is 0 Å². The molecule has 0 spiro atoms. The SMILES string of the molecule is Cc1ccc(-c2cc(-c3cc(-c4ccc(-c5ccccc5)cc4)cc(-c4ccccc4)n3)cc(-c3cc4ccccc4c4ccccc34)c2)c(C)n1. The van der Waals surface area contributed by atoms with E-state index in [1.54, 1.807) is 0 Å². The maximum absolute atomic E-state index is 5.37. The van der Waals surface area contributed by atoms with Crippen molar-refractivity contribution in [2.75, 3.05) is 0 Å². The van der Waals surface area contributed by atoms with E-state index in [1.807, 2.05) is 6.92 Å². The number of benzene rings is 7. The van der Waals surface area contributed by atoms with E-state index < -0.39 is 0 Å². The summed E-state index contributed by atoms with van der Waals surface area (Å²) in [5.41, 5.74) is 15.3. The molecule has 9 rings (SSSR count). The molecule has 0 N–H and O–H groups in total. The van der Waals surface area contributed by atoms with Crippen molar-refractivity contribution in [1.82, 2.24) is 9.97 Å². The highest BCUT2D eigenvalue weighted by Crippen LogP contribution is 2.40. The molecule has 0 bridgehead atoms. The lowest BCUT2D eigenvalue weighted by Gasteiger charge is -2.16. The summed E-state index contributed by atoms with van der Waals surface area (Å²) in [5, 5.41) is 4.97. The lowest BCUT2D eigenvalue weighted by molar-refractivity contribution is 1.13. The maximum atomic E-state index is 5.37. The molecule has 0 aliphatic carbocycles. The fraction of sp³-hybridized carbons (Fsp3) is 0.0400. The van der Waals surface area contributed by atoms with Gasteiger partial charge in [0.1, 0.15) is 0 Å². The van der Waals surface area contributed by atoms with E-state index in [0.29, 0.717) is 0 Å². The summed E-state index contributed by atoms with van der Waals surface area (Å²) in [4.78, 5) is 10.2. The second-order valence-electron chi connectivity index (χ2n) is 13.5.